The molecule has 0 aromatic heterocycles. The van der Waals surface area contributed by atoms with Gasteiger partial charge in [0.25, 0.3) is 0 Å². The molecule has 0 bridgehead atoms. The van der Waals surface area contributed by atoms with E-state index >= 15 is 0 Å². The van der Waals surface area contributed by atoms with E-state index in [-0.39, 0.29) is 12.2 Å². The van der Waals surface area contributed by atoms with E-state index in [1.807, 2.05) is 0 Å². The van der Waals surface area contributed by atoms with Crippen molar-refractivity contribution >= 4 is 0 Å². The molecule has 0 aliphatic rings. The average Bonchev–Trinajstić information content (AvgIpc) is 2.58. The molecule has 2 atom stereocenters. The molecule has 0 aromatic rings. The van der Waals surface area contributed by atoms with Gasteiger partial charge in [0, 0.05) is 0 Å². The van der Waals surface area contributed by atoms with Crippen LogP contribution in [0.1, 0.15) is 136 Å². The third-order valence-corrected chi connectivity index (χ3v) is 5.31. The Morgan fingerprint density at radius 2 is 0.800 bits per heavy atom. The number of hydrogen-bond acceptors (Lipinski definition) is 2. The summed E-state index contributed by atoms with van der Waals surface area (Å²) in [7, 11) is 0. The van der Waals surface area contributed by atoms with Crippen LogP contribution in [0.5, 0.6) is 0 Å². The van der Waals surface area contributed by atoms with Crippen LogP contribution in [-0.2, 0) is 0 Å². The molecule has 2 unspecified atom stereocenters. The largest absolute Gasteiger partial charge is 0.393 e. The molecular weight excluding hydrogens is 308 g/mol. The lowest BCUT2D eigenvalue weighted by atomic mass is 10.0. The number of rotatable bonds is 20. The Morgan fingerprint density at radius 3 is 1.20 bits per heavy atom. The van der Waals surface area contributed by atoms with Crippen LogP contribution in [0.2, 0.25) is 0 Å². The Bertz CT molecular complexity index is 242. The molecular formula is C23H48O2. The molecule has 2 N–H and O–H groups in total. The second-order valence-corrected chi connectivity index (χ2v) is 8.07. The highest BCUT2D eigenvalue weighted by Gasteiger charge is 2.10. The zero-order valence-electron chi connectivity index (χ0n) is 17.5. The third kappa shape index (κ3) is 20.1. The van der Waals surface area contributed by atoms with Crippen LogP contribution >= 0.6 is 0 Å². The average molecular weight is 357 g/mol. The van der Waals surface area contributed by atoms with Crippen molar-refractivity contribution in [2.24, 2.45) is 0 Å². The van der Waals surface area contributed by atoms with E-state index in [9.17, 15) is 10.2 Å². The molecule has 0 heterocycles. The van der Waals surface area contributed by atoms with Gasteiger partial charge in [-0.1, -0.05) is 117 Å². The van der Waals surface area contributed by atoms with Crippen molar-refractivity contribution < 1.29 is 10.2 Å². The first kappa shape index (κ1) is 24.9. The Morgan fingerprint density at radius 1 is 0.440 bits per heavy atom. The second-order valence-electron chi connectivity index (χ2n) is 8.07. The fraction of sp³-hybridized carbons (Fsp3) is 1.00. The zero-order chi connectivity index (χ0) is 18.6. The molecule has 2 nitrogen and oxygen atoms in total. The summed E-state index contributed by atoms with van der Waals surface area (Å²) >= 11 is 0. The predicted molar refractivity (Wildman–Crippen MR) is 111 cm³/mol. The normalized spacial score (nSPS) is 13.9. The fourth-order valence-corrected chi connectivity index (χ4v) is 3.63. The molecule has 0 aliphatic heterocycles. The van der Waals surface area contributed by atoms with Gasteiger partial charge in [0.05, 0.1) is 12.2 Å². The number of unbranched alkanes of at least 4 members (excludes halogenated alkanes) is 14. The van der Waals surface area contributed by atoms with E-state index in [2.05, 4.69) is 13.8 Å². The lowest BCUT2D eigenvalue weighted by Crippen LogP contribution is -2.17. The van der Waals surface area contributed by atoms with Crippen LogP contribution in [0.15, 0.2) is 0 Å². The van der Waals surface area contributed by atoms with Gasteiger partial charge in [-0.15, -0.1) is 0 Å². The number of aliphatic hydroxyl groups excluding tert-OH is 2. The lowest BCUT2D eigenvalue weighted by molar-refractivity contribution is 0.0692. The SMILES string of the molecule is CCCCCCCCCCCCCCCCCC(O)CC(O)CCC. The van der Waals surface area contributed by atoms with Gasteiger partial charge in [-0.25, -0.2) is 0 Å². The van der Waals surface area contributed by atoms with Crippen LogP contribution in [0, 0.1) is 0 Å². The maximum Gasteiger partial charge on any atom is 0.0564 e. The molecule has 0 aliphatic carbocycles. The van der Waals surface area contributed by atoms with Crippen molar-refractivity contribution in [2.75, 3.05) is 0 Å². The zero-order valence-corrected chi connectivity index (χ0v) is 17.5. The maximum atomic E-state index is 9.89. The number of aliphatic hydroxyl groups is 2. The van der Waals surface area contributed by atoms with E-state index in [1.54, 1.807) is 0 Å². The molecule has 0 rings (SSSR count). The highest BCUT2D eigenvalue weighted by Crippen LogP contribution is 2.15. The van der Waals surface area contributed by atoms with E-state index < -0.39 is 0 Å². The molecule has 0 saturated carbocycles. The molecule has 2 heteroatoms. The van der Waals surface area contributed by atoms with Crippen molar-refractivity contribution in [1.82, 2.24) is 0 Å². The van der Waals surface area contributed by atoms with Crippen molar-refractivity contribution in [2.45, 2.75) is 148 Å². The smallest absolute Gasteiger partial charge is 0.0564 e. The maximum absolute atomic E-state index is 9.89. The van der Waals surface area contributed by atoms with Gasteiger partial charge in [0.1, 0.15) is 0 Å². The lowest BCUT2D eigenvalue weighted by Gasteiger charge is -2.14. The first-order valence-corrected chi connectivity index (χ1v) is 11.6. The highest BCUT2D eigenvalue weighted by molar-refractivity contribution is 4.63. The minimum absolute atomic E-state index is 0.302. The van der Waals surface area contributed by atoms with Crippen LogP contribution in [0.4, 0.5) is 0 Å². The third-order valence-electron chi connectivity index (χ3n) is 5.31. The first-order valence-electron chi connectivity index (χ1n) is 11.6. The Balaban J connectivity index is 3.14. The molecule has 0 saturated heterocycles. The van der Waals surface area contributed by atoms with Gasteiger partial charge < -0.3 is 10.2 Å². The summed E-state index contributed by atoms with van der Waals surface area (Å²) in [6, 6.07) is 0. The molecule has 0 spiro atoms. The number of hydrogen-bond donors (Lipinski definition) is 2. The van der Waals surface area contributed by atoms with Crippen molar-refractivity contribution in [3.63, 3.8) is 0 Å². The van der Waals surface area contributed by atoms with Gasteiger partial charge in [-0.05, 0) is 19.3 Å². The van der Waals surface area contributed by atoms with Gasteiger partial charge in [-0.2, -0.15) is 0 Å². The Hall–Kier alpha value is -0.0800. The summed E-state index contributed by atoms with van der Waals surface area (Å²) < 4.78 is 0. The van der Waals surface area contributed by atoms with Crippen molar-refractivity contribution in [3.8, 4) is 0 Å². The van der Waals surface area contributed by atoms with Gasteiger partial charge in [0.2, 0.25) is 0 Å². The summed E-state index contributed by atoms with van der Waals surface area (Å²) in [5.74, 6) is 0. The van der Waals surface area contributed by atoms with Crippen LogP contribution < -0.4 is 0 Å². The van der Waals surface area contributed by atoms with Crippen molar-refractivity contribution in [1.29, 1.82) is 0 Å². The van der Waals surface area contributed by atoms with E-state index in [1.165, 1.54) is 89.9 Å². The van der Waals surface area contributed by atoms with Gasteiger partial charge in [-0.3, -0.25) is 0 Å². The van der Waals surface area contributed by atoms with E-state index in [0.29, 0.717) is 6.42 Å². The summed E-state index contributed by atoms with van der Waals surface area (Å²) in [4.78, 5) is 0. The molecule has 25 heavy (non-hydrogen) atoms. The summed E-state index contributed by atoms with van der Waals surface area (Å²) in [5.41, 5.74) is 0. The minimum Gasteiger partial charge on any atom is -0.393 e. The Labute approximate surface area is 158 Å². The summed E-state index contributed by atoms with van der Waals surface area (Å²) in [6.07, 6.45) is 23.2. The molecule has 0 radical (unpaired) electrons. The molecule has 0 amide bonds. The van der Waals surface area contributed by atoms with E-state index in [4.69, 9.17) is 0 Å². The van der Waals surface area contributed by atoms with Crippen molar-refractivity contribution in [3.05, 3.63) is 0 Å². The van der Waals surface area contributed by atoms with Gasteiger partial charge in [0.15, 0.2) is 0 Å². The van der Waals surface area contributed by atoms with Crippen LogP contribution in [0.25, 0.3) is 0 Å². The fourth-order valence-electron chi connectivity index (χ4n) is 3.63. The topological polar surface area (TPSA) is 40.5 Å². The standard InChI is InChI=1S/C23H48O2/c1-3-5-6-7-8-9-10-11-12-13-14-15-16-17-18-20-23(25)21-22(24)19-4-2/h22-25H,3-21H2,1-2H3. The molecule has 0 aromatic carbocycles. The highest BCUT2D eigenvalue weighted by atomic mass is 16.3. The molecule has 0 fully saturated rings. The van der Waals surface area contributed by atoms with E-state index in [0.717, 1.165) is 25.7 Å². The minimum atomic E-state index is -0.309. The monoisotopic (exact) mass is 356 g/mol. The first-order chi connectivity index (χ1) is 12.2. The second kappa shape index (κ2) is 20.2. The van der Waals surface area contributed by atoms with Crippen LogP contribution in [0.3, 0.4) is 0 Å². The summed E-state index contributed by atoms with van der Waals surface area (Å²) in [6.45, 7) is 4.35. The molecule has 152 valence electrons. The van der Waals surface area contributed by atoms with Gasteiger partial charge >= 0.3 is 0 Å². The summed E-state index contributed by atoms with van der Waals surface area (Å²) in [5, 5.41) is 19.6. The quantitative estimate of drug-likeness (QED) is 0.227. The Kier molecular flexibility index (Phi) is 20.2. The van der Waals surface area contributed by atoms with Crippen LogP contribution in [-0.4, -0.2) is 22.4 Å². The predicted octanol–water partition coefficient (Wildman–Crippen LogP) is 7.16.